The number of ether oxygens (including phenoxy) is 1. The van der Waals surface area contributed by atoms with Gasteiger partial charge in [0.25, 0.3) is 11.8 Å². The molecule has 2 amide bonds. The van der Waals surface area contributed by atoms with Crippen LogP contribution < -0.4 is 10.6 Å². The van der Waals surface area contributed by atoms with E-state index >= 15 is 0 Å². The van der Waals surface area contributed by atoms with Crippen LogP contribution in [0, 0.1) is 0 Å². The van der Waals surface area contributed by atoms with Gasteiger partial charge in [0.2, 0.25) is 10.0 Å². The van der Waals surface area contributed by atoms with E-state index in [0.29, 0.717) is 37.5 Å². The number of nitrogens with zero attached hydrogens (tertiary/aromatic N) is 1. The summed E-state index contributed by atoms with van der Waals surface area (Å²) in [4.78, 5) is 25.8. The van der Waals surface area contributed by atoms with Crippen molar-refractivity contribution in [2.75, 3.05) is 31.6 Å². The number of nitrogens with one attached hydrogen (secondary N) is 2. The molecule has 2 aliphatic rings. The zero-order valence-corrected chi connectivity index (χ0v) is 20.3. The Morgan fingerprint density at radius 2 is 1.76 bits per heavy atom. The highest BCUT2D eigenvalue weighted by atomic mass is 35.5. The molecule has 0 spiro atoms. The minimum absolute atomic E-state index is 0.00546. The molecule has 0 saturated carbocycles. The van der Waals surface area contributed by atoms with Crippen molar-refractivity contribution < 1.29 is 22.7 Å². The fourth-order valence-electron chi connectivity index (χ4n) is 4.18. The zero-order valence-electron chi connectivity index (χ0n) is 18.8. The Kier molecular flexibility index (Phi) is 7.88. The Morgan fingerprint density at radius 3 is 2.50 bits per heavy atom. The second-order valence-electron chi connectivity index (χ2n) is 8.45. The maximum Gasteiger partial charge on any atom is 0.257 e. The highest BCUT2D eigenvalue weighted by molar-refractivity contribution is 7.89. The third-order valence-electron chi connectivity index (χ3n) is 6.07. The standard InChI is InChI=1S/C24H28ClN3O5S/c25-21-11-10-18(34(31,32)28-12-4-1-5-13-28)15-20(21)24(30)27-22-9-3-2-8-19(22)23(29)26-16-17-7-6-14-33-17/h2-3,8-11,15,17H,1,4-7,12-14,16H2,(H,26,29)(H,27,30)/t17-/m0/s1. The highest BCUT2D eigenvalue weighted by Gasteiger charge is 2.27. The van der Waals surface area contributed by atoms with Gasteiger partial charge in [-0.25, -0.2) is 8.42 Å². The molecule has 182 valence electrons. The number of amides is 2. The van der Waals surface area contributed by atoms with E-state index in [1.165, 1.54) is 22.5 Å². The Morgan fingerprint density at radius 1 is 1.00 bits per heavy atom. The van der Waals surface area contributed by atoms with E-state index < -0.39 is 15.9 Å². The van der Waals surface area contributed by atoms with Crippen molar-refractivity contribution in [1.29, 1.82) is 0 Å². The molecule has 0 bridgehead atoms. The number of carbonyl (C=O) groups is 2. The summed E-state index contributed by atoms with van der Waals surface area (Å²) in [5.74, 6) is -0.931. The quantitative estimate of drug-likeness (QED) is 0.597. The van der Waals surface area contributed by atoms with Gasteiger partial charge >= 0.3 is 0 Å². The third kappa shape index (κ3) is 5.60. The van der Waals surface area contributed by atoms with Gasteiger partial charge in [-0.1, -0.05) is 30.2 Å². The zero-order chi connectivity index (χ0) is 24.1. The van der Waals surface area contributed by atoms with Gasteiger partial charge in [0.05, 0.1) is 32.8 Å². The predicted octanol–water partition coefficient (Wildman–Crippen LogP) is 3.68. The number of carbonyl (C=O) groups excluding carboxylic acids is 2. The van der Waals surface area contributed by atoms with Crippen LogP contribution in [-0.4, -0.2) is 56.9 Å². The Hall–Kier alpha value is -2.46. The highest BCUT2D eigenvalue weighted by Crippen LogP contribution is 2.26. The molecular weight excluding hydrogens is 478 g/mol. The van der Waals surface area contributed by atoms with Crippen LogP contribution in [-0.2, 0) is 14.8 Å². The van der Waals surface area contributed by atoms with Crippen molar-refractivity contribution in [1.82, 2.24) is 9.62 Å². The molecule has 2 saturated heterocycles. The molecule has 2 aromatic rings. The number of hydrogen-bond donors (Lipinski definition) is 2. The molecule has 34 heavy (non-hydrogen) atoms. The minimum Gasteiger partial charge on any atom is -0.376 e. The second kappa shape index (κ2) is 10.9. The topological polar surface area (TPSA) is 105 Å². The van der Waals surface area contributed by atoms with E-state index in [0.717, 1.165) is 32.1 Å². The lowest BCUT2D eigenvalue weighted by Crippen LogP contribution is -2.35. The molecule has 2 heterocycles. The Balaban J connectivity index is 1.52. The summed E-state index contributed by atoms with van der Waals surface area (Å²) in [5, 5.41) is 5.68. The number of para-hydroxylation sites is 1. The van der Waals surface area contributed by atoms with Crippen molar-refractivity contribution in [3.8, 4) is 0 Å². The number of hydrogen-bond acceptors (Lipinski definition) is 5. The van der Waals surface area contributed by atoms with Gasteiger partial charge in [-0.15, -0.1) is 0 Å². The smallest absolute Gasteiger partial charge is 0.257 e. The molecule has 2 aromatic carbocycles. The van der Waals surface area contributed by atoms with Gasteiger partial charge in [0, 0.05) is 26.2 Å². The van der Waals surface area contributed by atoms with Gasteiger partial charge in [-0.3, -0.25) is 9.59 Å². The lowest BCUT2D eigenvalue weighted by molar-refractivity contribution is 0.0858. The molecule has 0 aromatic heterocycles. The molecule has 10 heteroatoms. The van der Waals surface area contributed by atoms with Crippen LogP contribution in [0.2, 0.25) is 5.02 Å². The molecule has 2 N–H and O–H groups in total. The summed E-state index contributed by atoms with van der Waals surface area (Å²) in [5.41, 5.74) is 0.620. The normalized spacial score (nSPS) is 19.0. The van der Waals surface area contributed by atoms with Crippen molar-refractivity contribution in [2.45, 2.75) is 43.1 Å². The Bertz CT molecular complexity index is 1160. The fraction of sp³-hybridized carbons (Fsp3) is 0.417. The minimum atomic E-state index is -3.73. The van der Waals surface area contributed by atoms with Gasteiger partial charge < -0.3 is 15.4 Å². The summed E-state index contributed by atoms with van der Waals surface area (Å²) in [6, 6.07) is 10.7. The number of sulfonamides is 1. The largest absolute Gasteiger partial charge is 0.376 e. The Labute approximate surface area is 204 Å². The lowest BCUT2D eigenvalue weighted by Gasteiger charge is -2.26. The van der Waals surface area contributed by atoms with Gasteiger partial charge in [0.1, 0.15) is 0 Å². The SMILES string of the molecule is O=C(Nc1ccccc1C(=O)NC[C@@H]1CCCO1)c1cc(S(=O)(=O)N2CCCCC2)ccc1Cl. The fourth-order valence-corrected chi connectivity index (χ4v) is 5.93. The van der Waals surface area contributed by atoms with Gasteiger partial charge in [0.15, 0.2) is 0 Å². The van der Waals surface area contributed by atoms with E-state index in [4.69, 9.17) is 16.3 Å². The van der Waals surface area contributed by atoms with Crippen molar-refractivity contribution in [2.24, 2.45) is 0 Å². The lowest BCUT2D eigenvalue weighted by atomic mass is 10.1. The average molecular weight is 506 g/mol. The monoisotopic (exact) mass is 505 g/mol. The predicted molar refractivity (Wildman–Crippen MR) is 130 cm³/mol. The van der Waals surface area contributed by atoms with Crippen molar-refractivity contribution in [3.05, 3.63) is 58.6 Å². The molecule has 8 nitrogen and oxygen atoms in total. The van der Waals surface area contributed by atoms with Crippen molar-refractivity contribution in [3.63, 3.8) is 0 Å². The first kappa shape index (κ1) is 24.7. The maximum atomic E-state index is 13.1. The summed E-state index contributed by atoms with van der Waals surface area (Å²) in [7, 11) is -3.73. The third-order valence-corrected chi connectivity index (χ3v) is 8.29. The maximum absolute atomic E-state index is 13.1. The van der Waals surface area contributed by atoms with Crippen LogP contribution in [0.1, 0.15) is 52.8 Å². The van der Waals surface area contributed by atoms with E-state index in [1.54, 1.807) is 24.3 Å². The summed E-state index contributed by atoms with van der Waals surface area (Å²) < 4.78 is 33.1. The number of anilines is 1. The molecular formula is C24H28ClN3O5S. The number of halogens is 1. The van der Waals surface area contributed by atoms with Crippen LogP contribution in [0.5, 0.6) is 0 Å². The molecule has 0 aliphatic carbocycles. The molecule has 0 radical (unpaired) electrons. The van der Waals surface area contributed by atoms with E-state index in [9.17, 15) is 18.0 Å². The second-order valence-corrected chi connectivity index (χ2v) is 10.8. The number of benzene rings is 2. The van der Waals surface area contributed by atoms with Crippen LogP contribution in [0.4, 0.5) is 5.69 Å². The van der Waals surface area contributed by atoms with Crippen LogP contribution >= 0.6 is 11.6 Å². The average Bonchev–Trinajstić information content (AvgIpc) is 3.37. The van der Waals surface area contributed by atoms with E-state index in [1.807, 2.05) is 0 Å². The van der Waals surface area contributed by atoms with E-state index in [-0.39, 0.29) is 27.5 Å². The van der Waals surface area contributed by atoms with Crippen LogP contribution in [0.25, 0.3) is 0 Å². The molecule has 0 unspecified atom stereocenters. The number of piperidine rings is 1. The van der Waals surface area contributed by atoms with Crippen LogP contribution in [0.3, 0.4) is 0 Å². The molecule has 2 aliphatic heterocycles. The first-order chi connectivity index (χ1) is 16.4. The summed E-state index contributed by atoms with van der Waals surface area (Å²) >= 11 is 6.26. The van der Waals surface area contributed by atoms with Crippen molar-refractivity contribution >= 4 is 39.1 Å². The summed E-state index contributed by atoms with van der Waals surface area (Å²) in [6.45, 7) is 2.01. The number of rotatable bonds is 7. The first-order valence-corrected chi connectivity index (χ1v) is 13.3. The summed E-state index contributed by atoms with van der Waals surface area (Å²) in [6.07, 6.45) is 4.49. The first-order valence-electron chi connectivity index (χ1n) is 11.5. The van der Waals surface area contributed by atoms with Crippen LogP contribution in [0.15, 0.2) is 47.4 Å². The molecule has 2 fully saturated rings. The van der Waals surface area contributed by atoms with Gasteiger partial charge in [-0.05, 0) is 56.0 Å². The van der Waals surface area contributed by atoms with Gasteiger partial charge in [-0.2, -0.15) is 4.31 Å². The molecule has 4 rings (SSSR count). The molecule has 1 atom stereocenters. The van der Waals surface area contributed by atoms with E-state index in [2.05, 4.69) is 10.6 Å².